The molecule has 0 bridgehead atoms. The standard InChI is InChI=1S/C26H21BrFN5O/c1-32(2)19-10-5-16(6-11-19)25-22-23(20-13-18(28)9-12-21(20)34-25)31-26-29-14-30-33(26)24(22)15-3-7-17(27)8-4-15/h3-14,24-25H,1-2H3,(H,29,30,31)/t24-,25-/m0/s1. The van der Waals surface area contributed by atoms with Crippen molar-refractivity contribution in [3.05, 3.63) is 106 Å². The van der Waals surface area contributed by atoms with Crippen LogP contribution in [0.1, 0.15) is 28.8 Å². The minimum Gasteiger partial charge on any atom is -0.480 e. The normalized spacial score (nSPS) is 18.4. The molecule has 1 N–H and O–H groups in total. The van der Waals surface area contributed by atoms with Gasteiger partial charge in [0, 0.05) is 35.4 Å². The summed E-state index contributed by atoms with van der Waals surface area (Å²) in [7, 11) is 4.02. The lowest BCUT2D eigenvalue weighted by molar-refractivity contribution is 0.222. The monoisotopic (exact) mass is 517 g/mol. The second-order valence-corrected chi connectivity index (χ2v) is 9.48. The lowest BCUT2D eigenvalue weighted by atomic mass is 9.84. The molecule has 3 heterocycles. The third-order valence-electron chi connectivity index (χ3n) is 6.27. The maximum atomic E-state index is 14.3. The topological polar surface area (TPSA) is 55.2 Å². The van der Waals surface area contributed by atoms with Crippen LogP contribution < -0.4 is 15.0 Å². The lowest BCUT2D eigenvalue weighted by Crippen LogP contribution is -2.32. The summed E-state index contributed by atoms with van der Waals surface area (Å²) in [6.07, 6.45) is 1.13. The number of nitrogens with zero attached hydrogens (tertiary/aromatic N) is 4. The highest BCUT2D eigenvalue weighted by Gasteiger charge is 2.41. The first kappa shape index (κ1) is 20.9. The summed E-state index contributed by atoms with van der Waals surface area (Å²) in [5.41, 5.74) is 5.56. The van der Waals surface area contributed by atoms with Gasteiger partial charge in [-0.05, 0) is 53.6 Å². The van der Waals surface area contributed by atoms with Gasteiger partial charge in [0.1, 0.15) is 30.0 Å². The molecule has 0 unspecified atom stereocenters. The average molecular weight is 518 g/mol. The van der Waals surface area contributed by atoms with Crippen LogP contribution in [-0.4, -0.2) is 28.9 Å². The van der Waals surface area contributed by atoms with E-state index < -0.39 is 6.10 Å². The summed E-state index contributed by atoms with van der Waals surface area (Å²) in [6.45, 7) is 0. The molecule has 6 rings (SSSR count). The van der Waals surface area contributed by atoms with Crippen LogP contribution in [0.25, 0.3) is 5.70 Å². The van der Waals surface area contributed by atoms with E-state index in [0.717, 1.165) is 32.6 Å². The molecular formula is C26H21BrFN5O. The van der Waals surface area contributed by atoms with Crippen molar-refractivity contribution in [3.8, 4) is 5.75 Å². The van der Waals surface area contributed by atoms with E-state index in [1.807, 2.05) is 30.9 Å². The van der Waals surface area contributed by atoms with Crippen LogP contribution in [0.4, 0.5) is 16.0 Å². The Morgan fingerprint density at radius 1 is 1.00 bits per heavy atom. The quantitative estimate of drug-likeness (QED) is 0.371. The molecule has 2 atom stereocenters. The number of hydrogen-bond donors (Lipinski definition) is 1. The Bertz CT molecular complexity index is 1410. The molecule has 0 radical (unpaired) electrons. The summed E-state index contributed by atoms with van der Waals surface area (Å²) in [4.78, 5) is 6.48. The fraction of sp³-hybridized carbons (Fsp3) is 0.154. The Labute approximate surface area is 204 Å². The average Bonchev–Trinajstić information content (AvgIpc) is 3.31. The Hall–Kier alpha value is -3.65. The number of ether oxygens (including phenoxy) is 1. The first-order chi connectivity index (χ1) is 16.5. The predicted octanol–water partition coefficient (Wildman–Crippen LogP) is 5.81. The van der Waals surface area contributed by atoms with Crippen molar-refractivity contribution in [1.29, 1.82) is 0 Å². The lowest BCUT2D eigenvalue weighted by Gasteiger charge is -2.39. The number of fused-ring (bicyclic) bond motifs is 3. The van der Waals surface area contributed by atoms with Gasteiger partial charge in [-0.2, -0.15) is 10.1 Å². The Kier molecular flexibility index (Phi) is 4.91. The number of nitrogens with one attached hydrogen (secondary N) is 1. The van der Waals surface area contributed by atoms with Crippen molar-refractivity contribution in [2.75, 3.05) is 24.3 Å². The molecule has 0 amide bonds. The van der Waals surface area contributed by atoms with E-state index in [1.165, 1.54) is 18.5 Å². The van der Waals surface area contributed by atoms with Crippen molar-refractivity contribution >= 4 is 33.3 Å². The molecule has 2 aliphatic rings. The van der Waals surface area contributed by atoms with E-state index in [0.29, 0.717) is 17.3 Å². The number of rotatable bonds is 3. The zero-order valence-electron chi connectivity index (χ0n) is 18.5. The number of anilines is 2. The molecule has 1 aromatic heterocycles. The predicted molar refractivity (Wildman–Crippen MR) is 133 cm³/mol. The fourth-order valence-corrected chi connectivity index (χ4v) is 4.89. The Balaban J connectivity index is 1.59. The molecule has 34 heavy (non-hydrogen) atoms. The van der Waals surface area contributed by atoms with Crippen LogP contribution >= 0.6 is 15.9 Å². The molecule has 0 aliphatic carbocycles. The van der Waals surface area contributed by atoms with E-state index in [-0.39, 0.29) is 11.9 Å². The highest BCUT2D eigenvalue weighted by Crippen LogP contribution is 2.50. The Morgan fingerprint density at radius 3 is 2.47 bits per heavy atom. The largest absolute Gasteiger partial charge is 0.480 e. The van der Waals surface area contributed by atoms with Crippen molar-refractivity contribution in [2.24, 2.45) is 0 Å². The SMILES string of the molecule is CN(C)c1ccc([C@@H]2Oc3ccc(F)cc3C3=C2[C@H](c2ccc(Br)cc2)n2ncnc2N3)cc1. The molecule has 3 aromatic carbocycles. The van der Waals surface area contributed by atoms with E-state index in [2.05, 4.69) is 72.6 Å². The number of halogens is 2. The van der Waals surface area contributed by atoms with E-state index in [1.54, 1.807) is 6.07 Å². The van der Waals surface area contributed by atoms with Gasteiger partial charge in [0.25, 0.3) is 0 Å². The van der Waals surface area contributed by atoms with Gasteiger partial charge >= 0.3 is 0 Å². The molecule has 4 aromatic rings. The molecule has 2 aliphatic heterocycles. The highest BCUT2D eigenvalue weighted by atomic mass is 79.9. The minimum atomic E-state index is -0.400. The minimum absolute atomic E-state index is 0.281. The van der Waals surface area contributed by atoms with Crippen LogP contribution in [0.15, 0.2) is 83.1 Å². The van der Waals surface area contributed by atoms with Crippen LogP contribution in [0.3, 0.4) is 0 Å². The first-order valence-corrected chi connectivity index (χ1v) is 11.7. The molecule has 0 saturated carbocycles. The van der Waals surface area contributed by atoms with E-state index in [9.17, 15) is 4.39 Å². The second-order valence-electron chi connectivity index (χ2n) is 8.56. The van der Waals surface area contributed by atoms with Gasteiger partial charge in [-0.25, -0.2) is 9.07 Å². The number of aromatic nitrogens is 3. The van der Waals surface area contributed by atoms with Gasteiger partial charge in [0.05, 0.1) is 5.70 Å². The summed E-state index contributed by atoms with van der Waals surface area (Å²) in [6, 6.07) is 20.8. The van der Waals surface area contributed by atoms with Crippen LogP contribution in [-0.2, 0) is 0 Å². The first-order valence-electron chi connectivity index (χ1n) is 10.9. The van der Waals surface area contributed by atoms with E-state index >= 15 is 0 Å². The van der Waals surface area contributed by atoms with E-state index in [4.69, 9.17) is 4.74 Å². The summed E-state index contributed by atoms with van der Waals surface area (Å²) in [5, 5.41) is 7.94. The highest BCUT2D eigenvalue weighted by molar-refractivity contribution is 9.10. The van der Waals surface area contributed by atoms with Gasteiger partial charge < -0.3 is 15.0 Å². The zero-order valence-corrected chi connectivity index (χ0v) is 20.1. The Morgan fingerprint density at radius 2 is 1.74 bits per heavy atom. The molecule has 0 saturated heterocycles. The van der Waals surface area contributed by atoms with Gasteiger partial charge in [-0.15, -0.1) is 0 Å². The fourth-order valence-electron chi connectivity index (χ4n) is 4.63. The maximum absolute atomic E-state index is 14.3. The van der Waals surface area contributed by atoms with Crippen LogP contribution in [0.5, 0.6) is 5.75 Å². The smallest absolute Gasteiger partial charge is 0.226 e. The van der Waals surface area contributed by atoms with Crippen molar-refractivity contribution in [2.45, 2.75) is 12.1 Å². The molecule has 8 heteroatoms. The zero-order chi connectivity index (χ0) is 23.4. The molecule has 170 valence electrons. The van der Waals surface area contributed by atoms with Crippen LogP contribution in [0.2, 0.25) is 0 Å². The third-order valence-corrected chi connectivity index (χ3v) is 6.80. The second kappa shape index (κ2) is 7.99. The maximum Gasteiger partial charge on any atom is 0.226 e. The van der Waals surface area contributed by atoms with Gasteiger partial charge in [-0.1, -0.05) is 40.2 Å². The van der Waals surface area contributed by atoms with Crippen molar-refractivity contribution in [1.82, 2.24) is 14.8 Å². The number of benzene rings is 3. The van der Waals surface area contributed by atoms with Crippen molar-refractivity contribution < 1.29 is 9.13 Å². The summed E-state index contributed by atoms with van der Waals surface area (Å²) < 4.78 is 23.8. The van der Waals surface area contributed by atoms with Gasteiger partial charge in [0.15, 0.2) is 0 Å². The third kappa shape index (κ3) is 3.37. The molecule has 0 spiro atoms. The molecular weight excluding hydrogens is 497 g/mol. The molecule has 6 nitrogen and oxygen atoms in total. The molecule has 0 fully saturated rings. The van der Waals surface area contributed by atoms with Gasteiger partial charge in [-0.3, -0.25) is 0 Å². The number of hydrogen-bond acceptors (Lipinski definition) is 5. The van der Waals surface area contributed by atoms with Crippen molar-refractivity contribution in [3.63, 3.8) is 0 Å². The van der Waals surface area contributed by atoms with Gasteiger partial charge in [0.2, 0.25) is 5.95 Å². The van der Waals surface area contributed by atoms with Crippen LogP contribution in [0, 0.1) is 5.82 Å². The summed E-state index contributed by atoms with van der Waals surface area (Å²) in [5.74, 6) is 0.902. The summed E-state index contributed by atoms with van der Waals surface area (Å²) >= 11 is 3.53.